The first-order chi connectivity index (χ1) is 11.2. The van der Waals surface area contributed by atoms with Gasteiger partial charge in [0.2, 0.25) is 12.3 Å². The molecule has 1 fully saturated rings. The molecular weight excluding hydrogens is 332 g/mol. The molecular formula is C12H20N2O10. The topological polar surface area (TPSA) is 206 Å². The van der Waals surface area contributed by atoms with Gasteiger partial charge < -0.3 is 46.0 Å². The highest BCUT2D eigenvalue weighted by atomic mass is 16.7. The lowest BCUT2D eigenvalue weighted by Crippen LogP contribution is -2.67. The number of carbonyl (C=O) groups excluding carboxylic acids is 2. The second-order valence-corrected chi connectivity index (χ2v) is 5.28. The summed E-state index contributed by atoms with van der Waals surface area (Å²) in [7, 11) is 0. The lowest BCUT2D eigenvalue weighted by Gasteiger charge is -2.44. The Bertz CT molecular complexity index is 475. The molecule has 2 amide bonds. The lowest BCUT2D eigenvalue weighted by molar-refractivity contribution is -0.295. The molecule has 1 aliphatic rings. The molecule has 12 heteroatoms. The van der Waals surface area contributed by atoms with Crippen LogP contribution in [-0.4, -0.2) is 98.3 Å². The monoisotopic (exact) mass is 352 g/mol. The Balaban J connectivity index is 3.02. The first kappa shape index (κ1) is 20.2. The highest BCUT2D eigenvalue weighted by Crippen LogP contribution is 2.30. The zero-order valence-corrected chi connectivity index (χ0v) is 12.4. The van der Waals surface area contributed by atoms with Crippen molar-refractivity contribution in [1.29, 1.82) is 0 Å². The van der Waals surface area contributed by atoms with Crippen LogP contribution in [0.1, 0.15) is 6.42 Å². The molecule has 0 aromatic heterocycles. The van der Waals surface area contributed by atoms with Crippen molar-refractivity contribution in [3.8, 4) is 0 Å². The van der Waals surface area contributed by atoms with Gasteiger partial charge in [-0.2, -0.15) is 0 Å². The predicted octanol–water partition coefficient (Wildman–Crippen LogP) is -5.15. The molecule has 0 aromatic rings. The fraction of sp³-hybridized carbons (Fsp3) is 0.750. The molecule has 0 radical (unpaired) electrons. The molecule has 1 aliphatic heterocycles. The number of carboxylic acids is 1. The van der Waals surface area contributed by atoms with E-state index in [2.05, 4.69) is 10.6 Å². The molecule has 4 unspecified atom stereocenters. The number of aliphatic carboxylic acids is 1. The lowest BCUT2D eigenvalue weighted by atomic mass is 9.88. The first-order valence-corrected chi connectivity index (χ1v) is 6.91. The number of amides is 2. The smallest absolute Gasteiger partial charge is 0.364 e. The van der Waals surface area contributed by atoms with E-state index in [1.54, 1.807) is 0 Å². The molecule has 1 saturated heterocycles. The summed E-state index contributed by atoms with van der Waals surface area (Å²) in [4.78, 5) is 32.9. The van der Waals surface area contributed by atoms with Crippen molar-refractivity contribution >= 4 is 18.3 Å². The van der Waals surface area contributed by atoms with Gasteiger partial charge in [-0.05, 0) is 0 Å². The molecule has 0 saturated carbocycles. The molecule has 0 spiro atoms. The maximum absolute atomic E-state index is 11.6. The van der Waals surface area contributed by atoms with E-state index in [9.17, 15) is 34.8 Å². The molecule has 138 valence electrons. The van der Waals surface area contributed by atoms with Crippen LogP contribution in [0, 0.1) is 0 Å². The van der Waals surface area contributed by atoms with E-state index in [4.69, 9.17) is 14.9 Å². The highest BCUT2D eigenvalue weighted by molar-refractivity contribution is 5.80. The van der Waals surface area contributed by atoms with Crippen molar-refractivity contribution in [3.05, 3.63) is 0 Å². The van der Waals surface area contributed by atoms with Gasteiger partial charge in [-0.3, -0.25) is 9.59 Å². The average molecular weight is 352 g/mol. The van der Waals surface area contributed by atoms with Gasteiger partial charge in [0.1, 0.15) is 18.3 Å². The van der Waals surface area contributed by atoms with E-state index in [1.807, 2.05) is 0 Å². The second kappa shape index (κ2) is 8.32. The number of carbonyl (C=O) groups is 3. The van der Waals surface area contributed by atoms with Crippen LogP contribution in [0.4, 0.5) is 0 Å². The van der Waals surface area contributed by atoms with Gasteiger partial charge in [0.05, 0.1) is 25.3 Å². The molecule has 12 nitrogen and oxygen atoms in total. The Hall–Kier alpha value is -1.83. The Morgan fingerprint density at radius 1 is 1.38 bits per heavy atom. The summed E-state index contributed by atoms with van der Waals surface area (Å²) >= 11 is 0. The number of ether oxygens (including phenoxy) is 1. The van der Waals surface area contributed by atoms with Crippen LogP contribution in [0.2, 0.25) is 0 Å². The summed E-state index contributed by atoms with van der Waals surface area (Å²) in [6.07, 6.45) is -7.71. The third-order valence-corrected chi connectivity index (χ3v) is 3.51. The number of aliphatic hydroxyl groups excluding tert-OH is 4. The fourth-order valence-corrected chi connectivity index (χ4v) is 2.27. The van der Waals surface area contributed by atoms with Crippen LogP contribution in [-0.2, 0) is 19.1 Å². The summed E-state index contributed by atoms with van der Waals surface area (Å²) < 4.78 is 4.88. The second-order valence-electron chi connectivity index (χ2n) is 5.28. The summed E-state index contributed by atoms with van der Waals surface area (Å²) in [5.41, 5.74) is 0. The maximum Gasteiger partial charge on any atom is 0.364 e. The molecule has 0 aliphatic carbocycles. The van der Waals surface area contributed by atoms with Gasteiger partial charge in [0.15, 0.2) is 0 Å². The standard InChI is InChI=1S/C12H20N2O10/c15-3-6(18)9(20)10-8(14-7(19)2-13-4-16)5(17)1-12(23,24-10)11(21)22/h4-6,8-10,15,17-18,20,23H,1-3H2,(H,13,16)(H,14,19)(H,21,22)/t5?,6-,8?,9-,10?,12?/m1/s1. The fourth-order valence-electron chi connectivity index (χ4n) is 2.27. The zero-order chi connectivity index (χ0) is 18.5. The van der Waals surface area contributed by atoms with Crippen LogP contribution in [0.15, 0.2) is 0 Å². The Morgan fingerprint density at radius 3 is 2.50 bits per heavy atom. The Labute approximate surface area is 135 Å². The van der Waals surface area contributed by atoms with E-state index in [0.29, 0.717) is 0 Å². The van der Waals surface area contributed by atoms with Gasteiger partial charge in [0.25, 0.3) is 5.79 Å². The number of hydrogen-bond donors (Lipinski definition) is 8. The Kier molecular flexibility index (Phi) is 7.01. The van der Waals surface area contributed by atoms with Crippen molar-refractivity contribution in [3.63, 3.8) is 0 Å². The van der Waals surface area contributed by atoms with Gasteiger partial charge in [-0.15, -0.1) is 0 Å². The minimum absolute atomic E-state index is 0.248. The molecule has 6 atom stereocenters. The van der Waals surface area contributed by atoms with Crippen LogP contribution in [0.25, 0.3) is 0 Å². The van der Waals surface area contributed by atoms with Crippen molar-refractivity contribution in [2.24, 2.45) is 0 Å². The Morgan fingerprint density at radius 2 is 2.00 bits per heavy atom. The third-order valence-electron chi connectivity index (χ3n) is 3.51. The molecule has 1 heterocycles. The molecule has 0 aromatic carbocycles. The van der Waals surface area contributed by atoms with Gasteiger partial charge in [-0.25, -0.2) is 4.79 Å². The molecule has 8 N–H and O–H groups in total. The van der Waals surface area contributed by atoms with Gasteiger partial charge in [0, 0.05) is 6.42 Å². The van der Waals surface area contributed by atoms with Crippen LogP contribution in [0.3, 0.4) is 0 Å². The minimum Gasteiger partial charge on any atom is -0.477 e. The number of nitrogens with one attached hydrogen (secondary N) is 2. The maximum atomic E-state index is 11.6. The summed E-state index contributed by atoms with van der Waals surface area (Å²) in [5.74, 6) is -5.50. The predicted molar refractivity (Wildman–Crippen MR) is 73.2 cm³/mol. The van der Waals surface area contributed by atoms with E-state index < -0.39 is 67.7 Å². The molecule has 0 bridgehead atoms. The van der Waals surface area contributed by atoms with E-state index in [-0.39, 0.29) is 6.41 Å². The van der Waals surface area contributed by atoms with Gasteiger partial charge in [-0.1, -0.05) is 0 Å². The van der Waals surface area contributed by atoms with Crippen molar-refractivity contribution < 1.29 is 49.8 Å². The summed E-state index contributed by atoms with van der Waals surface area (Å²) in [6.45, 7) is -1.39. The van der Waals surface area contributed by atoms with E-state index in [1.165, 1.54) is 0 Å². The van der Waals surface area contributed by atoms with Crippen molar-refractivity contribution in [2.75, 3.05) is 13.2 Å². The van der Waals surface area contributed by atoms with E-state index >= 15 is 0 Å². The van der Waals surface area contributed by atoms with Crippen LogP contribution < -0.4 is 10.6 Å². The van der Waals surface area contributed by atoms with Gasteiger partial charge >= 0.3 is 5.97 Å². The SMILES string of the molecule is O=CNCC(=O)NC1C(O)CC(O)(C(=O)O)OC1[C@H](O)[C@H](O)CO. The van der Waals surface area contributed by atoms with Crippen LogP contribution in [0.5, 0.6) is 0 Å². The minimum atomic E-state index is -2.86. The summed E-state index contributed by atoms with van der Waals surface area (Å²) in [6, 6.07) is -1.42. The largest absolute Gasteiger partial charge is 0.477 e. The quantitative estimate of drug-likeness (QED) is 0.195. The number of aliphatic hydroxyl groups is 5. The molecule has 1 rings (SSSR count). The number of hydrogen-bond acceptors (Lipinski definition) is 9. The first-order valence-electron chi connectivity index (χ1n) is 6.91. The zero-order valence-electron chi connectivity index (χ0n) is 12.4. The highest BCUT2D eigenvalue weighted by Gasteiger charge is 2.53. The van der Waals surface area contributed by atoms with Crippen molar-refractivity contribution in [1.82, 2.24) is 10.6 Å². The average Bonchev–Trinajstić information content (AvgIpc) is 2.53. The molecule has 24 heavy (non-hydrogen) atoms. The normalized spacial score (nSPS) is 32.5. The number of rotatable bonds is 8. The van der Waals surface area contributed by atoms with Crippen LogP contribution >= 0.6 is 0 Å². The summed E-state index contributed by atoms with van der Waals surface area (Å²) in [5, 5.41) is 61.5. The van der Waals surface area contributed by atoms with E-state index in [0.717, 1.165) is 0 Å². The third kappa shape index (κ3) is 4.59. The van der Waals surface area contributed by atoms with Crippen molar-refractivity contribution in [2.45, 2.75) is 42.7 Å². The number of carboxylic acid groups (broad SMARTS) is 1.